The normalized spacial score (nSPS) is 15.9. The molecule has 10 heteroatoms. The topological polar surface area (TPSA) is 96.2 Å². The van der Waals surface area contributed by atoms with Crippen LogP contribution in [0, 0.1) is 0 Å². The molecule has 2 aromatic heterocycles. The Morgan fingerprint density at radius 2 is 2.19 bits per heavy atom. The standard InChI is InChI=1S/C17H18N4O4S2/c1-20-16(24)12(27-17(20)26)10-11-14(18-5-8-25-9-7-22)19-13-4-2-3-6-21(13)15(11)23/h2-4,6,10,18,22H,5,7-9H2,1H3/b12-10-. The minimum Gasteiger partial charge on any atom is -0.394 e. The third-order valence-corrected chi connectivity index (χ3v) is 5.29. The number of ether oxygens (including phenoxy) is 1. The molecular formula is C17H18N4O4S2. The Morgan fingerprint density at radius 3 is 2.89 bits per heavy atom. The van der Waals surface area contributed by atoms with Crippen molar-refractivity contribution < 1.29 is 14.6 Å². The lowest BCUT2D eigenvalue weighted by Gasteiger charge is -2.11. The van der Waals surface area contributed by atoms with Crippen molar-refractivity contribution in [3.63, 3.8) is 0 Å². The maximum atomic E-state index is 12.9. The minimum absolute atomic E-state index is 0.0559. The van der Waals surface area contributed by atoms with Crippen molar-refractivity contribution >= 4 is 51.7 Å². The van der Waals surface area contributed by atoms with Gasteiger partial charge in [0.15, 0.2) is 0 Å². The van der Waals surface area contributed by atoms with Gasteiger partial charge in [0.2, 0.25) is 0 Å². The number of pyridine rings is 1. The van der Waals surface area contributed by atoms with E-state index in [0.29, 0.717) is 33.8 Å². The fourth-order valence-electron chi connectivity index (χ4n) is 2.45. The predicted molar refractivity (Wildman–Crippen MR) is 109 cm³/mol. The smallest absolute Gasteiger partial charge is 0.267 e. The largest absolute Gasteiger partial charge is 0.394 e. The molecule has 1 saturated heterocycles. The summed E-state index contributed by atoms with van der Waals surface area (Å²) < 4.78 is 7.08. The average Bonchev–Trinajstić information content (AvgIpc) is 2.91. The van der Waals surface area contributed by atoms with Crippen LogP contribution in [0.15, 0.2) is 34.1 Å². The lowest BCUT2D eigenvalue weighted by atomic mass is 10.2. The van der Waals surface area contributed by atoms with Crippen LogP contribution in [0.3, 0.4) is 0 Å². The summed E-state index contributed by atoms with van der Waals surface area (Å²) in [6, 6.07) is 5.25. The van der Waals surface area contributed by atoms with Gasteiger partial charge in [0, 0.05) is 19.8 Å². The van der Waals surface area contributed by atoms with Crippen LogP contribution in [-0.2, 0) is 9.53 Å². The zero-order chi connectivity index (χ0) is 19.4. The number of rotatable bonds is 7. The third kappa shape index (κ3) is 4.19. The summed E-state index contributed by atoms with van der Waals surface area (Å²) in [6.45, 7) is 0.916. The zero-order valence-corrected chi connectivity index (χ0v) is 16.2. The van der Waals surface area contributed by atoms with Crippen molar-refractivity contribution in [3.8, 4) is 0 Å². The maximum Gasteiger partial charge on any atom is 0.267 e. The molecule has 0 bridgehead atoms. The van der Waals surface area contributed by atoms with Gasteiger partial charge in [0.05, 0.1) is 30.3 Å². The molecule has 0 saturated carbocycles. The molecular weight excluding hydrogens is 388 g/mol. The Labute approximate surface area is 164 Å². The second kappa shape index (κ2) is 8.61. The SMILES string of the molecule is CN1C(=O)/C(=C/c2c(NCCOCCO)nc3ccccn3c2=O)SC1=S. The van der Waals surface area contributed by atoms with Gasteiger partial charge in [-0.15, -0.1) is 0 Å². The van der Waals surface area contributed by atoms with Crippen molar-refractivity contribution in [3.05, 3.63) is 45.2 Å². The Balaban J connectivity index is 1.99. The van der Waals surface area contributed by atoms with Crippen LogP contribution in [0.2, 0.25) is 0 Å². The van der Waals surface area contributed by atoms with Gasteiger partial charge in [-0.1, -0.05) is 30.0 Å². The fourth-order valence-corrected chi connectivity index (χ4v) is 3.61. The second-order valence-electron chi connectivity index (χ2n) is 5.61. The number of aliphatic hydroxyl groups is 1. The van der Waals surface area contributed by atoms with Crippen molar-refractivity contribution in [1.82, 2.24) is 14.3 Å². The van der Waals surface area contributed by atoms with Gasteiger partial charge in [-0.25, -0.2) is 4.98 Å². The summed E-state index contributed by atoms with van der Waals surface area (Å²) in [5.41, 5.74) is 0.469. The van der Waals surface area contributed by atoms with E-state index >= 15 is 0 Å². The lowest BCUT2D eigenvalue weighted by molar-refractivity contribution is -0.121. The van der Waals surface area contributed by atoms with Crippen LogP contribution in [0.5, 0.6) is 0 Å². The van der Waals surface area contributed by atoms with E-state index in [1.54, 1.807) is 31.4 Å². The zero-order valence-electron chi connectivity index (χ0n) is 14.5. The summed E-state index contributed by atoms with van der Waals surface area (Å²) in [4.78, 5) is 31.5. The first-order valence-electron chi connectivity index (χ1n) is 8.18. The van der Waals surface area contributed by atoms with Gasteiger partial charge in [-0.05, 0) is 18.2 Å². The molecule has 8 nitrogen and oxygen atoms in total. The van der Waals surface area contributed by atoms with Crippen LogP contribution in [-0.4, -0.2) is 63.0 Å². The highest BCUT2D eigenvalue weighted by Gasteiger charge is 2.29. The van der Waals surface area contributed by atoms with Crippen LogP contribution in [0.25, 0.3) is 11.7 Å². The number of likely N-dealkylation sites (N-methyl/N-ethyl adjacent to an activating group) is 1. The Morgan fingerprint density at radius 1 is 1.37 bits per heavy atom. The fraction of sp³-hybridized carbons (Fsp3) is 0.294. The number of thioether (sulfide) groups is 1. The van der Waals surface area contributed by atoms with Gasteiger partial charge in [0.25, 0.3) is 11.5 Å². The summed E-state index contributed by atoms with van der Waals surface area (Å²) >= 11 is 6.29. The first-order chi connectivity index (χ1) is 13.0. The number of hydrogen-bond acceptors (Lipinski definition) is 8. The molecule has 0 radical (unpaired) electrons. The molecule has 1 fully saturated rings. The summed E-state index contributed by atoms with van der Waals surface area (Å²) in [5, 5.41) is 11.8. The van der Waals surface area contributed by atoms with E-state index in [2.05, 4.69) is 10.3 Å². The molecule has 27 heavy (non-hydrogen) atoms. The number of hydrogen-bond donors (Lipinski definition) is 2. The number of nitrogens with zero attached hydrogens (tertiary/aromatic N) is 3. The van der Waals surface area contributed by atoms with E-state index in [4.69, 9.17) is 22.1 Å². The van der Waals surface area contributed by atoms with Gasteiger partial charge in [-0.2, -0.15) is 0 Å². The van der Waals surface area contributed by atoms with Gasteiger partial charge in [0.1, 0.15) is 15.8 Å². The van der Waals surface area contributed by atoms with E-state index in [1.807, 2.05) is 0 Å². The maximum absolute atomic E-state index is 12.9. The van der Waals surface area contributed by atoms with Gasteiger partial charge >= 0.3 is 0 Å². The number of anilines is 1. The van der Waals surface area contributed by atoms with Gasteiger partial charge in [-0.3, -0.25) is 18.9 Å². The van der Waals surface area contributed by atoms with Crippen molar-refractivity contribution in [1.29, 1.82) is 0 Å². The molecule has 0 aliphatic carbocycles. The third-order valence-electron chi connectivity index (χ3n) is 3.81. The monoisotopic (exact) mass is 406 g/mol. The molecule has 2 aromatic rings. The molecule has 1 amide bonds. The molecule has 3 heterocycles. The number of carbonyl (C=O) groups excluding carboxylic acids is 1. The van der Waals surface area contributed by atoms with Crippen LogP contribution >= 0.6 is 24.0 Å². The molecule has 0 unspecified atom stereocenters. The van der Waals surface area contributed by atoms with Crippen LogP contribution in [0.4, 0.5) is 5.82 Å². The van der Waals surface area contributed by atoms with Crippen LogP contribution < -0.4 is 10.9 Å². The van der Waals surface area contributed by atoms with E-state index < -0.39 is 0 Å². The predicted octanol–water partition coefficient (Wildman–Crippen LogP) is 0.946. The van der Waals surface area contributed by atoms with E-state index in [9.17, 15) is 9.59 Å². The highest BCUT2D eigenvalue weighted by atomic mass is 32.2. The molecule has 2 N–H and O–H groups in total. The van der Waals surface area contributed by atoms with E-state index in [0.717, 1.165) is 11.8 Å². The molecule has 1 aliphatic heterocycles. The first kappa shape index (κ1) is 19.5. The lowest BCUT2D eigenvalue weighted by Crippen LogP contribution is -2.23. The highest BCUT2D eigenvalue weighted by Crippen LogP contribution is 2.31. The van der Waals surface area contributed by atoms with E-state index in [-0.39, 0.29) is 30.2 Å². The Hall–Kier alpha value is -2.27. The summed E-state index contributed by atoms with van der Waals surface area (Å²) in [5.74, 6) is 0.111. The van der Waals surface area contributed by atoms with Crippen molar-refractivity contribution in [2.45, 2.75) is 0 Å². The molecule has 0 atom stereocenters. The molecule has 1 aliphatic rings. The molecule has 0 spiro atoms. The number of nitrogens with one attached hydrogen (secondary N) is 1. The van der Waals surface area contributed by atoms with Gasteiger partial charge < -0.3 is 15.2 Å². The quantitative estimate of drug-likeness (QED) is 0.399. The summed E-state index contributed by atoms with van der Waals surface area (Å²) in [7, 11) is 1.60. The number of thiocarbonyl (C=S) groups is 1. The average molecular weight is 406 g/mol. The van der Waals surface area contributed by atoms with Crippen LogP contribution in [0.1, 0.15) is 5.56 Å². The molecule has 142 valence electrons. The Bertz CT molecular complexity index is 973. The van der Waals surface area contributed by atoms with Crippen molar-refractivity contribution in [2.24, 2.45) is 0 Å². The van der Waals surface area contributed by atoms with E-state index in [1.165, 1.54) is 15.4 Å². The van der Waals surface area contributed by atoms with Crippen molar-refractivity contribution in [2.75, 3.05) is 38.7 Å². The Kier molecular flexibility index (Phi) is 6.22. The number of aromatic nitrogens is 2. The minimum atomic E-state index is -0.291. The number of aliphatic hydroxyl groups excluding tert-OH is 1. The second-order valence-corrected chi connectivity index (χ2v) is 7.29. The molecule has 3 rings (SSSR count). The first-order valence-corrected chi connectivity index (χ1v) is 9.41. The number of carbonyl (C=O) groups is 1. The summed E-state index contributed by atoms with van der Waals surface area (Å²) in [6.07, 6.45) is 3.15. The number of amides is 1. The highest BCUT2D eigenvalue weighted by molar-refractivity contribution is 8.26. The molecule has 0 aromatic carbocycles. The number of fused-ring (bicyclic) bond motifs is 1.